The standard InChI is InChI=1S/C28H28ClN7OS2/c29-24-14-23(10-11-25(24)30-15-20-12-13-36(17-20)16-19-4-2-1-3-5-19)33-28(38)32-22-8-6-21(7-9-22)31-27(37)26-18-39-35-34-26/h1-11,14,18,20,30H,12-13,15-17H2,(H,31,37)(H2,32,33,38). The molecule has 1 unspecified atom stereocenters. The van der Waals surface area contributed by atoms with Gasteiger partial charge < -0.3 is 21.3 Å². The third-order valence-corrected chi connectivity index (χ3v) is 7.44. The van der Waals surface area contributed by atoms with Gasteiger partial charge in [0.25, 0.3) is 5.91 Å². The average molecular weight is 578 g/mol. The maximum atomic E-state index is 12.1. The first kappa shape index (κ1) is 27.0. The number of carbonyl (C=O) groups excluding carboxylic acids is 1. The van der Waals surface area contributed by atoms with Gasteiger partial charge in [-0.25, -0.2) is 0 Å². The predicted octanol–water partition coefficient (Wildman–Crippen LogP) is 6.19. The van der Waals surface area contributed by atoms with E-state index in [-0.39, 0.29) is 11.6 Å². The van der Waals surface area contributed by atoms with Crippen LogP contribution in [0.4, 0.5) is 22.7 Å². The maximum Gasteiger partial charge on any atom is 0.277 e. The lowest BCUT2D eigenvalue weighted by molar-refractivity contribution is 0.102. The first-order valence-corrected chi connectivity index (χ1v) is 14.2. The van der Waals surface area contributed by atoms with Crippen molar-refractivity contribution in [3.05, 3.63) is 94.5 Å². The largest absolute Gasteiger partial charge is 0.384 e. The highest BCUT2D eigenvalue weighted by Crippen LogP contribution is 2.27. The summed E-state index contributed by atoms with van der Waals surface area (Å²) in [5, 5.41) is 19.0. The summed E-state index contributed by atoms with van der Waals surface area (Å²) >= 11 is 13.2. The van der Waals surface area contributed by atoms with E-state index in [4.69, 9.17) is 23.8 Å². The van der Waals surface area contributed by atoms with Gasteiger partial charge in [0, 0.05) is 42.1 Å². The van der Waals surface area contributed by atoms with Crippen molar-refractivity contribution < 1.29 is 4.79 Å². The molecule has 3 aromatic carbocycles. The van der Waals surface area contributed by atoms with Crippen LogP contribution < -0.4 is 21.3 Å². The van der Waals surface area contributed by atoms with Crippen LogP contribution in [0.3, 0.4) is 0 Å². The molecule has 0 aliphatic carbocycles. The molecule has 200 valence electrons. The van der Waals surface area contributed by atoms with Gasteiger partial charge in [-0.3, -0.25) is 9.69 Å². The van der Waals surface area contributed by atoms with Gasteiger partial charge in [-0.15, -0.1) is 5.10 Å². The minimum absolute atomic E-state index is 0.288. The van der Waals surface area contributed by atoms with Crippen LogP contribution in [0.2, 0.25) is 5.02 Å². The lowest BCUT2D eigenvalue weighted by atomic mass is 10.1. The van der Waals surface area contributed by atoms with E-state index in [1.54, 1.807) is 17.5 Å². The minimum Gasteiger partial charge on any atom is -0.384 e. The van der Waals surface area contributed by atoms with E-state index in [2.05, 4.69) is 66.1 Å². The van der Waals surface area contributed by atoms with Crippen LogP contribution in [0.15, 0.2) is 78.2 Å². The fraction of sp³-hybridized carbons (Fsp3) is 0.214. The normalized spacial score (nSPS) is 15.1. The number of hydrogen-bond donors (Lipinski definition) is 4. The van der Waals surface area contributed by atoms with E-state index >= 15 is 0 Å². The highest BCUT2D eigenvalue weighted by molar-refractivity contribution is 7.80. The number of nitrogens with zero attached hydrogens (tertiary/aromatic N) is 3. The number of anilines is 4. The van der Waals surface area contributed by atoms with Gasteiger partial charge >= 0.3 is 0 Å². The second-order valence-electron chi connectivity index (χ2n) is 9.35. The van der Waals surface area contributed by atoms with Crippen molar-refractivity contribution in [2.45, 2.75) is 13.0 Å². The van der Waals surface area contributed by atoms with Gasteiger partial charge in [0.15, 0.2) is 10.8 Å². The van der Waals surface area contributed by atoms with E-state index in [0.717, 1.165) is 54.8 Å². The van der Waals surface area contributed by atoms with Crippen molar-refractivity contribution >= 4 is 69.1 Å². The van der Waals surface area contributed by atoms with E-state index in [0.29, 0.717) is 21.7 Å². The molecule has 0 bridgehead atoms. The topological polar surface area (TPSA) is 94.2 Å². The molecule has 2 heterocycles. The Bertz CT molecular complexity index is 1400. The van der Waals surface area contributed by atoms with Crippen molar-refractivity contribution in [2.24, 2.45) is 5.92 Å². The van der Waals surface area contributed by atoms with Crippen LogP contribution in [0.25, 0.3) is 0 Å². The predicted molar refractivity (Wildman–Crippen MR) is 164 cm³/mol. The minimum atomic E-state index is -0.301. The van der Waals surface area contributed by atoms with Crippen molar-refractivity contribution in [3.8, 4) is 0 Å². The summed E-state index contributed by atoms with van der Waals surface area (Å²) in [5.41, 5.74) is 4.77. The number of hydrogen-bond acceptors (Lipinski definition) is 7. The molecule has 0 saturated carbocycles. The van der Waals surface area contributed by atoms with Crippen molar-refractivity contribution in [2.75, 3.05) is 40.9 Å². The maximum absolute atomic E-state index is 12.1. The van der Waals surface area contributed by atoms with Crippen molar-refractivity contribution in [3.63, 3.8) is 0 Å². The van der Waals surface area contributed by atoms with E-state index in [9.17, 15) is 4.79 Å². The molecule has 8 nitrogen and oxygen atoms in total. The zero-order chi connectivity index (χ0) is 27.0. The summed E-state index contributed by atoms with van der Waals surface area (Å²) in [4.78, 5) is 14.6. The highest BCUT2D eigenvalue weighted by atomic mass is 35.5. The van der Waals surface area contributed by atoms with Gasteiger partial charge in [0.05, 0.1) is 10.7 Å². The van der Waals surface area contributed by atoms with Crippen LogP contribution in [0, 0.1) is 5.92 Å². The fourth-order valence-electron chi connectivity index (χ4n) is 4.44. The Kier molecular flexibility index (Phi) is 9.00. The summed E-state index contributed by atoms with van der Waals surface area (Å²) in [6.45, 7) is 4.08. The molecule has 39 heavy (non-hydrogen) atoms. The number of thiocarbonyl (C=S) groups is 1. The van der Waals surface area contributed by atoms with E-state index in [1.165, 1.54) is 12.0 Å². The van der Waals surface area contributed by atoms with Gasteiger partial charge in [0.2, 0.25) is 0 Å². The molecule has 1 amide bonds. The monoisotopic (exact) mass is 577 g/mol. The number of halogens is 1. The smallest absolute Gasteiger partial charge is 0.277 e. The Morgan fingerprint density at radius 1 is 1.00 bits per heavy atom. The lowest BCUT2D eigenvalue weighted by Crippen LogP contribution is -2.22. The van der Waals surface area contributed by atoms with Crippen molar-refractivity contribution in [1.29, 1.82) is 0 Å². The van der Waals surface area contributed by atoms with Crippen molar-refractivity contribution in [1.82, 2.24) is 14.5 Å². The number of amides is 1. The summed E-state index contributed by atoms with van der Waals surface area (Å²) in [6, 6.07) is 23.6. The Morgan fingerprint density at radius 3 is 2.44 bits per heavy atom. The molecular weight excluding hydrogens is 550 g/mol. The number of aromatic nitrogens is 2. The molecule has 1 aromatic heterocycles. The van der Waals surface area contributed by atoms with Crippen LogP contribution in [-0.2, 0) is 6.54 Å². The molecule has 4 aromatic rings. The summed E-state index contributed by atoms with van der Waals surface area (Å²) < 4.78 is 3.70. The Balaban J connectivity index is 1.06. The summed E-state index contributed by atoms with van der Waals surface area (Å²) in [6.07, 6.45) is 1.17. The van der Waals surface area contributed by atoms with Crippen LogP contribution in [0.5, 0.6) is 0 Å². The van der Waals surface area contributed by atoms with Gasteiger partial charge in [-0.05, 0) is 90.7 Å². The van der Waals surface area contributed by atoms with Gasteiger partial charge in [0.1, 0.15) is 0 Å². The fourth-order valence-corrected chi connectivity index (χ4v) is 5.36. The molecule has 1 atom stereocenters. The SMILES string of the molecule is O=C(Nc1ccc(NC(=S)Nc2ccc(NCC3CCN(Cc4ccccc4)C3)c(Cl)c2)cc1)c1csnn1. The lowest BCUT2D eigenvalue weighted by Gasteiger charge is -2.17. The first-order valence-electron chi connectivity index (χ1n) is 12.6. The number of carbonyl (C=O) groups is 1. The van der Waals surface area contributed by atoms with E-state index in [1.807, 2.05) is 30.3 Å². The van der Waals surface area contributed by atoms with Gasteiger partial charge in [-0.1, -0.05) is 46.4 Å². The Hall–Kier alpha value is -3.57. The molecule has 0 radical (unpaired) electrons. The number of likely N-dealkylation sites (tertiary alicyclic amines) is 1. The second kappa shape index (κ2) is 13.0. The van der Waals surface area contributed by atoms with Crippen LogP contribution in [0.1, 0.15) is 22.5 Å². The van der Waals surface area contributed by atoms with Crippen LogP contribution >= 0.6 is 35.4 Å². The molecule has 1 fully saturated rings. The highest BCUT2D eigenvalue weighted by Gasteiger charge is 2.22. The zero-order valence-corrected chi connectivity index (χ0v) is 23.5. The molecule has 0 spiro atoms. The molecule has 4 N–H and O–H groups in total. The average Bonchev–Trinajstić information content (AvgIpc) is 3.63. The zero-order valence-electron chi connectivity index (χ0n) is 21.1. The quantitative estimate of drug-likeness (QED) is 0.175. The van der Waals surface area contributed by atoms with Gasteiger partial charge in [-0.2, -0.15) is 0 Å². The van der Waals surface area contributed by atoms with Crippen LogP contribution in [-0.4, -0.2) is 45.1 Å². The molecular formula is C28H28ClN7OS2. The van der Waals surface area contributed by atoms with E-state index < -0.39 is 0 Å². The third kappa shape index (κ3) is 7.73. The molecule has 1 saturated heterocycles. The second-order valence-corrected chi connectivity index (χ2v) is 10.8. The molecule has 1 aliphatic heterocycles. The Morgan fingerprint density at radius 2 is 1.72 bits per heavy atom. The molecule has 5 rings (SSSR count). The first-order chi connectivity index (χ1) is 19.0. The Labute approximate surface area is 241 Å². The number of benzene rings is 3. The number of nitrogens with one attached hydrogen (secondary N) is 4. The molecule has 11 heteroatoms. The summed E-state index contributed by atoms with van der Waals surface area (Å²) in [5.74, 6) is 0.285. The number of rotatable bonds is 9. The third-order valence-electron chi connectivity index (χ3n) is 6.42. The summed E-state index contributed by atoms with van der Waals surface area (Å²) in [7, 11) is 0. The molecule has 1 aliphatic rings.